The van der Waals surface area contributed by atoms with Crippen molar-refractivity contribution >= 4 is 27.1 Å². The van der Waals surface area contributed by atoms with Gasteiger partial charge in [0.2, 0.25) is 0 Å². The maximum absolute atomic E-state index is 12.3. The van der Waals surface area contributed by atoms with E-state index >= 15 is 0 Å². The number of esters is 1. The highest BCUT2D eigenvalue weighted by Crippen LogP contribution is 2.23. The van der Waals surface area contributed by atoms with E-state index in [9.17, 15) is 13.2 Å². The Morgan fingerprint density at radius 2 is 1.85 bits per heavy atom. The summed E-state index contributed by atoms with van der Waals surface area (Å²) in [6.07, 6.45) is 0. The minimum absolute atomic E-state index is 0.204. The molecule has 0 aliphatic heterocycles. The number of ether oxygens (including phenoxy) is 1. The van der Waals surface area contributed by atoms with Crippen LogP contribution in [0, 0.1) is 6.92 Å². The molecule has 6 heteroatoms. The van der Waals surface area contributed by atoms with E-state index in [0.717, 1.165) is 5.56 Å². The Kier molecular flexibility index (Phi) is 4.25. The van der Waals surface area contributed by atoms with Crippen LogP contribution >= 0.6 is 11.3 Å². The summed E-state index contributed by atoms with van der Waals surface area (Å²) in [4.78, 5) is 11.8. The minimum atomic E-state index is -3.47. The van der Waals surface area contributed by atoms with Crippen LogP contribution in [0.25, 0.3) is 0 Å². The van der Waals surface area contributed by atoms with Gasteiger partial charge in [-0.3, -0.25) is 0 Å². The molecule has 0 spiro atoms. The fourth-order valence-corrected chi connectivity index (χ4v) is 4.06. The Morgan fingerprint density at radius 3 is 2.45 bits per heavy atom. The summed E-state index contributed by atoms with van der Waals surface area (Å²) in [7, 11) is -2.19. The summed E-state index contributed by atoms with van der Waals surface area (Å²) < 4.78 is 29.3. The van der Waals surface area contributed by atoms with Crippen molar-refractivity contribution in [1.82, 2.24) is 0 Å². The molecule has 1 heterocycles. The first kappa shape index (κ1) is 14.7. The van der Waals surface area contributed by atoms with E-state index in [4.69, 9.17) is 0 Å². The number of thiophene rings is 1. The van der Waals surface area contributed by atoms with E-state index < -0.39 is 15.8 Å². The largest absolute Gasteiger partial charge is 0.465 e. The third-order valence-electron chi connectivity index (χ3n) is 2.87. The second-order valence-corrected chi connectivity index (χ2v) is 7.11. The molecular formula is C14H14O4S2. The molecule has 0 N–H and O–H groups in total. The van der Waals surface area contributed by atoms with Gasteiger partial charge in [-0.25, -0.2) is 13.2 Å². The lowest BCUT2D eigenvalue weighted by Gasteiger charge is -2.05. The number of methoxy groups -OCH3 is 1. The molecule has 0 aliphatic rings. The standard InChI is InChI=1S/C14H14O4S2/c1-10-3-5-12(6-4-10)20(16,17)9-11-7-19-8-13(11)14(15)18-2/h3-8H,9H2,1-2H3. The van der Waals surface area contributed by atoms with Gasteiger partial charge in [0.25, 0.3) is 0 Å². The van der Waals surface area contributed by atoms with Crippen LogP contribution in [0.1, 0.15) is 21.5 Å². The molecule has 20 heavy (non-hydrogen) atoms. The van der Waals surface area contributed by atoms with Gasteiger partial charge in [0.1, 0.15) is 0 Å². The van der Waals surface area contributed by atoms with Crippen LogP contribution in [0.2, 0.25) is 0 Å². The molecule has 106 valence electrons. The fourth-order valence-electron chi connectivity index (χ4n) is 1.76. The maximum atomic E-state index is 12.3. The van der Waals surface area contributed by atoms with E-state index in [-0.39, 0.29) is 10.6 Å². The Bertz CT molecular complexity index is 712. The number of sulfone groups is 1. The highest BCUT2D eigenvalue weighted by atomic mass is 32.2. The summed E-state index contributed by atoms with van der Waals surface area (Å²) in [6, 6.07) is 6.66. The highest BCUT2D eigenvalue weighted by Gasteiger charge is 2.21. The molecular weight excluding hydrogens is 296 g/mol. The fraction of sp³-hybridized carbons (Fsp3) is 0.214. The number of rotatable bonds is 4. The van der Waals surface area contributed by atoms with Crippen LogP contribution in [0.4, 0.5) is 0 Å². The average Bonchev–Trinajstić information content (AvgIpc) is 2.85. The first-order valence-corrected chi connectivity index (χ1v) is 8.46. The molecule has 4 nitrogen and oxygen atoms in total. The van der Waals surface area contributed by atoms with Gasteiger partial charge in [0.05, 0.1) is 23.3 Å². The van der Waals surface area contributed by atoms with Gasteiger partial charge in [-0.1, -0.05) is 17.7 Å². The normalized spacial score (nSPS) is 11.3. The molecule has 0 saturated carbocycles. The van der Waals surface area contributed by atoms with Crippen molar-refractivity contribution in [1.29, 1.82) is 0 Å². The summed E-state index contributed by atoms with van der Waals surface area (Å²) in [5, 5.41) is 3.27. The smallest absolute Gasteiger partial charge is 0.339 e. The Hall–Kier alpha value is -1.66. The SMILES string of the molecule is COC(=O)c1cscc1CS(=O)(=O)c1ccc(C)cc1. The zero-order valence-electron chi connectivity index (χ0n) is 11.1. The van der Waals surface area contributed by atoms with Crippen molar-refractivity contribution in [3.8, 4) is 0 Å². The van der Waals surface area contributed by atoms with Crippen LogP contribution in [0.3, 0.4) is 0 Å². The lowest BCUT2D eigenvalue weighted by Crippen LogP contribution is -2.09. The van der Waals surface area contributed by atoms with Gasteiger partial charge >= 0.3 is 5.97 Å². The first-order valence-electron chi connectivity index (χ1n) is 5.87. The van der Waals surface area contributed by atoms with Crippen LogP contribution in [0.15, 0.2) is 39.9 Å². The van der Waals surface area contributed by atoms with Gasteiger partial charge in [0.15, 0.2) is 9.84 Å². The summed E-state index contributed by atoms with van der Waals surface area (Å²) >= 11 is 1.28. The van der Waals surface area contributed by atoms with Crippen molar-refractivity contribution in [3.05, 3.63) is 51.7 Å². The molecule has 2 rings (SSSR count). The molecule has 2 aromatic rings. The molecule has 0 aliphatic carbocycles. The molecule has 0 amide bonds. The predicted octanol–water partition coefficient (Wildman–Crippen LogP) is 2.82. The van der Waals surface area contributed by atoms with Crippen molar-refractivity contribution < 1.29 is 17.9 Å². The lowest BCUT2D eigenvalue weighted by molar-refractivity contribution is 0.0600. The Balaban J connectivity index is 2.32. The van der Waals surface area contributed by atoms with Crippen LogP contribution in [0.5, 0.6) is 0 Å². The summed E-state index contributed by atoms with van der Waals surface area (Å²) in [6.45, 7) is 1.89. The molecule has 0 atom stereocenters. The van der Waals surface area contributed by atoms with Crippen molar-refractivity contribution in [2.24, 2.45) is 0 Å². The van der Waals surface area contributed by atoms with E-state index in [1.165, 1.54) is 18.4 Å². The second kappa shape index (κ2) is 5.76. The van der Waals surface area contributed by atoms with Crippen molar-refractivity contribution in [3.63, 3.8) is 0 Å². The Morgan fingerprint density at radius 1 is 1.20 bits per heavy atom. The van der Waals surface area contributed by atoms with Gasteiger partial charge in [0, 0.05) is 5.38 Å². The molecule has 0 fully saturated rings. The monoisotopic (exact) mass is 310 g/mol. The summed E-state index contributed by atoms with van der Waals surface area (Å²) in [5.41, 5.74) is 1.78. The zero-order chi connectivity index (χ0) is 14.8. The van der Waals surface area contributed by atoms with Gasteiger partial charge in [-0.2, -0.15) is 11.3 Å². The quantitative estimate of drug-likeness (QED) is 0.815. The molecule has 0 radical (unpaired) electrons. The highest BCUT2D eigenvalue weighted by molar-refractivity contribution is 7.90. The molecule has 0 saturated heterocycles. The van der Waals surface area contributed by atoms with Crippen molar-refractivity contribution in [2.45, 2.75) is 17.6 Å². The molecule has 1 aromatic carbocycles. The zero-order valence-corrected chi connectivity index (χ0v) is 12.8. The second-order valence-electron chi connectivity index (χ2n) is 4.37. The topological polar surface area (TPSA) is 60.4 Å². The molecule has 1 aromatic heterocycles. The number of carbonyl (C=O) groups is 1. The Labute approximate surface area is 121 Å². The molecule has 0 unspecified atom stereocenters. The van der Waals surface area contributed by atoms with Crippen LogP contribution in [-0.4, -0.2) is 21.5 Å². The van der Waals surface area contributed by atoms with E-state index in [1.807, 2.05) is 6.92 Å². The van der Waals surface area contributed by atoms with E-state index in [2.05, 4.69) is 4.74 Å². The maximum Gasteiger partial charge on any atom is 0.339 e. The van der Waals surface area contributed by atoms with Crippen LogP contribution in [-0.2, 0) is 20.3 Å². The van der Waals surface area contributed by atoms with Gasteiger partial charge in [-0.05, 0) is 30.0 Å². The first-order chi connectivity index (χ1) is 9.44. The lowest BCUT2D eigenvalue weighted by atomic mass is 10.2. The number of benzene rings is 1. The van der Waals surface area contributed by atoms with Gasteiger partial charge < -0.3 is 4.74 Å². The number of aryl methyl sites for hydroxylation is 1. The van der Waals surface area contributed by atoms with Crippen molar-refractivity contribution in [2.75, 3.05) is 7.11 Å². The van der Waals surface area contributed by atoms with Gasteiger partial charge in [-0.15, -0.1) is 0 Å². The predicted molar refractivity (Wildman–Crippen MR) is 77.7 cm³/mol. The van der Waals surface area contributed by atoms with Crippen LogP contribution < -0.4 is 0 Å². The number of carbonyl (C=O) groups excluding carboxylic acids is 1. The van der Waals surface area contributed by atoms with E-state index in [0.29, 0.717) is 11.1 Å². The molecule has 0 bridgehead atoms. The average molecular weight is 310 g/mol. The number of hydrogen-bond acceptors (Lipinski definition) is 5. The summed E-state index contributed by atoms with van der Waals surface area (Å²) in [5.74, 6) is -0.718. The number of hydrogen-bond donors (Lipinski definition) is 0. The van der Waals surface area contributed by atoms with E-state index in [1.54, 1.807) is 35.0 Å². The minimum Gasteiger partial charge on any atom is -0.465 e. The third kappa shape index (κ3) is 3.08. The third-order valence-corrected chi connectivity index (χ3v) is 5.35.